The number of aliphatic hydroxyl groups is 1. The zero-order chi connectivity index (χ0) is 13.1. The van der Waals surface area contributed by atoms with Crippen molar-refractivity contribution in [2.75, 3.05) is 13.1 Å². The van der Waals surface area contributed by atoms with Crippen LogP contribution in [0.15, 0.2) is 0 Å². The molecule has 0 spiro atoms. The Morgan fingerprint density at radius 3 is 2.71 bits per heavy atom. The lowest BCUT2D eigenvalue weighted by atomic mass is 9.98. The molecular weight excluding hydrogens is 220 g/mol. The van der Waals surface area contributed by atoms with Gasteiger partial charge < -0.3 is 20.5 Å². The molecule has 0 radical (unpaired) electrons. The van der Waals surface area contributed by atoms with E-state index in [9.17, 15) is 9.90 Å². The molecule has 0 aromatic heterocycles. The zero-order valence-corrected chi connectivity index (χ0v) is 11.0. The van der Waals surface area contributed by atoms with Gasteiger partial charge in [0.1, 0.15) is 5.60 Å². The van der Waals surface area contributed by atoms with Crippen molar-refractivity contribution in [1.82, 2.24) is 4.90 Å². The fourth-order valence-electron chi connectivity index (χ4n) is 2.06. The first-order valence-corrected chi connectivity index (χ1v) is 6.23. The molecule has 0 saturated carbocycles. The van der Waals surface area contributed by atoms with Crippen LogP contribution in [0.4, 0.5) is 4.79 Å². The van der Waals surface area contributed by atoms with Gasteiger partial charge in [-0.3, -0.25) is 0 Å². The van der Waals surface area contributed by atoms with Crippen molar-refractivity contribution >= 4 is 6.09 Å². The van der Waals surface area contributed by atoms with Crippen molar-refractivity contribution in [1.29, 1.82) is 0 Å². The molecule has 1 fully saturated rings. The summed E-state index contributed by atoms with van der Waals surface area (Å²) in [4.78, 5) is 13.6. The summed E-state index contributed by atoms with van der Waals surface area (Å²) in [5, 5.41) is 9.83. The number of piperidine rings is 1. The standard InChI is InChI=1S/C12H24N2O3/c1-12(2,3)17-11(16)14-7-5-4-6-9(14)10(15)8-13/h9-10,15H,4-8,13H2,1-3H3. The van der Waals surface area contributed by atoms with Gasteiger partial charge >= 0.3 is 6.09 Å². The van der Waals surface area contributed by atoms with E-state index in [0.29, 0.717) is 6.54 Å². The molecule has 0 aromatic rings. The smallest absolute Gasteiger partial charge is 0.410 e. The number of ether oxygens (including phenoxy) is 1. The highest BCUT2D eigenvalue weighted by Crippen LogP contribution is 2.22. The van der Waals surface area contributed by atoms with Crippen molar-refractivity contribution in [2.24, 2.45) is 5.73 Å². The Labute approximate surface area is 103 Å². The minimum atomic E-state index is -0.664. The number of aliphatic hydroxyl groups excluding tert-OH is 1. The third kappa shape index (κ3) is 4.16. The van der Waals surface area contributed by atoms with E-state index in [-0.39, 0.29) is 18.7 Å². The predicted octanol–water partition coefficient (Wildman–Crippen LogP) is 1.10. The second kappa shape index (κ2) is 5.69. The molecule has 3 N–H and O–H groups in total. The number of nitrogens with zero attached hydrogens (tertiary/aromatic N) is 1. The first-order valence-electron chi connectivity index (χ1n) is 6.23. The van der Waals surface area contributed by atoms with Gasteiger partial charge in [-0.05, 0) is 40.0 Å². The average molecular weight is 244 g/mol. The topological polar surface area (TPSA) is 75.8 Å². The zero-order valence-electron chi connectivity index (χ0n) is 11.0. The van der Waals surface area contributed by atoms with Gasteiger partial charge in [-0.25, -0.2) is 4.79 Å². The molecule has 2 unspecified atom stereocenters. The van der Waals surface area contributed by atoms with Gasteiger partial charge in [0.15, 0.2) is 0 Å². The number of hydrogen-bond donors (Lipinski definition) is 2. The molecule has 0 aliphatic carbocycles. The highest BCUT2D eigenvalue weighted by Gasteiger charge is 2.33. The van der Waals surface area contributed by atoms with Crippen LogP contribution in [0.25, 0.3) is 0 Å². The number of nitrogens with two attached hydrogens (primary N) is 1. The minimum Gasteiger partial charge on any atom is -0.444 e. The molecule has 17 heavy (non-hydrogen) atoms. The third-order valence-electron chi connectivity index (χ3n) is 2.86. The average Bonchev–Trinajstić information content (AvgIpc) is 2.25. The highest BCUT2D eigenvalue weighted by molar-refractivity contribution is 5.68. The van der Waals surface area contributed by atoms with Crippen LogP contribution >= 0.6 is 0 Å². The fourth-order valence-corrected chi connectivity index (χ4v) is 2.06. The SMILES string of the molecule is CC(C)(C)OC(=O)N1CCCCC1C(O)CN. The Morgan fingerprint density at radius 1 is 1.53 bits per heavy atom. The van der Waals surface area contributed by atoms with Crippen LogP contribution in [0.5, 0.6) is 0 Å². The van der Waals surface area contributed by atoms with Crippen molar-refractivity contribution < 1.29 is 14.6 Å². The van der Waals surface area contributed by atoms with E-state index in [1.807, 2.05) is 20.8 Å². The van der Waals surface area contributed by atoms with Gasteiger partial charge in [-0.2, -0.15) is 0 Å². The monoisotopic (exact) mass is 244 g/mol. The Balaban J connectivity index is 2.67. The Kier molecular flexibility index (Phi) is 4.77. The van der Waals surface area contributed by atoms with Gasteiger partial charge in [0, 0.05) is 13.1 Å². The van der Waals surface area contributed by atoms with Gasteiger partial charge in [0.25, 0.3) is 0 Å². The number of hydrogen-bond acceptors (Lipinski definition) is 4. The Morgan fingerprint density at radius 2 is 2.18 bits per heavy atom. The van der Waals surface area contributed by atoms with Crippen LogP contribution < -0.4 is 5.73 Å². The molecule has 5 heteroatoms. The van der Waals surface area contributed by atoms with Crippen molar-refractivity contribution in [3.63, 3.8) is 0 Å². The summed E-state index contributed by atoms with van der Waals surface area (Å²) >= 11 is 0. The molecule has 2 atom stereocenters. The summed E-state index contributed by atoms with van der Waals surface area (Å²) in [6, 6.07) is -0.205. The lowest BCUT2D eigenvalue weighted by Crippen LogP contribution is -2.53. The van der Waals surface area contributed by atoms with E-state index >= 15 is 0 Å². The summed E-state index contributed by atoms with van der Waals surface area (Å²) in [6.07, 6.45) is 1.74. The quantitative estimate of drug-likeness (QED) is 0.762. The van der Waals surface area contributed by atoms with E-state index in [2.05, 4.69) is 0 Å². The molecule has 1 saturated heterocycles. The van der Waals surface area contributed by atoms with Crippen molar-refractivity contribution in [3.8, 4) is 0 Å². The summed E-state index contributed by atoms with van der Waals surface area (Å²) in [5.41, 5.74) is 4.96. The second-order valence-corrected chi connectivity index (χ2v) is 5.54. The number of carbonyl (C=O) groups excluding carboxylic acids is 1. The maximum absolute atomic E-state index is 12.0. The summed E-state index contributed by atoms with van der Waals surface area (Å²) in [7, 11) is 0. The first kappa shape index (κ1) is 14.3. The molecule has 100 valence electrons. The lowest BCUT2D eigenvalue weighted by Gasteiger charge is -2.38. The number of amides is 1. The van der Waals surface area contributed by atoms with Gasteiger partial charge in [0.2, 0.25) is 0 Å². The van der Waals surface area contributed by atoms with Crippen LogP contribution in [0.3, 0.4) is 0 Å². The van der Waals surface area contributed by atoms with Crippen LogP contribution in [0.2, 0.25) is 0 Å². The van der Waals surface area contributed by atoms with Crippen LogP contribution in [0.1, 0.15) is 40.0 Å². The molecule has 0 bridgehead atoms. The van der Waals surface area contributed by atoms with E-state index in [0.717, 1.165) is 19.3 Å². The molecule has 5 nitrogen and oxygen atoms in total. The molecule has 0 aromatic carbocycles. The van der Waals surface area contributed by atoms with E-state index in [1.165, 1.54) is 0 Å². The van der Waals surface area contributed by atoms with E-state index < -0.39 is 11.7 Å². The Hall–Kier alpha value is -0.810. The summed E-state index contributed by atoms with van der Waals surface area (Å²) in [5.74, 6) is 0. The van der Waals surface area contributed by atoms with Crippen LogP contribution in [-0.2, 0) is 4.74 Å². The maximum Gasteiger partial charge on any atom is 0.410 e. The molecule has 1 rings (SSSR count). The number of carbonyl (C=O) groups is 1. The van der Waals surface area contributed by atoms with Crippen LogP contribution in [0, 0.1) is 0 Å². The number of likely N-dealkylation sites (tertiary alicyclic amines) is 1. The third-order valence-corrected chi connectivity index (χ3v) is 2.86. The van der Waals surface area contributed by atoms with Gasteiger partial charge in [-0.15, -0.1) is 0 Å². The normalized spacial score (nSPS) is 23.4. The highest BCUT2D eigenvalue weighted by atomic mass is 16.6. The molecule has 1 aliphatic rings. The van der Waals surface area contributed by atoms with Crippen molar-refractivity contribution in [2.45, 2.75) is 57.8 Å². The molecule has 1 heterocycles. The fraction of sp³-hybridized carbons (Fsp3) is 0.917. The van der Waals surface area contributed by atoms with E-state index in [4.69, 9.17) is 10.5 Å². The van der Waals surface area contributed by atoms with Crippen molar-refractivity contribution in [3.05, 3.63) is 0 Å². The summed E-state index contributed by atoms with van der Waals surface area (Å²) < 4.78 is 5.34. The lowest BCUT2D eigenvalue weighted by molar-refractivity contribution is -0.0143. The van der Waals surface area contributed by atoms with E-state index in [1.54, 1.807) is 4.90 Å². The molecule has 1 aliphatic heterocycles. The maximum atomic E-state index is 12.0. The largest absolute Gasteiger partial charge is 0.444 e. The van der Waals surface area contributed by atoms with Crippen LogP contribution in [-0.4, -0.2) is 46.9 Å². The van der Waals surface area contributed by atoms with Gasteiger partial charge in [0.05, 0.1) is 12.1 Å². The second-order valence-electron chi connectivity index (χ2n) is 5.54. The predicted molar refractivity (Wildman–Crippen MR) is 65.6 cm³/mol. The molecule has 1 amide bonds. The number of rotatable bonds is 2. The van der Waals surface area contributed by atoms with Gasteiger partial charge in [-0.1, -0.05) is 0 Å². The first-order chi connectivity index (χ1) is 7.85. The Bertz CT molecular complexity index is 263. The molecular formula is C12H24N2O3. The minimum absolute atomic E-state index is 0.171. The summed E-state index contributed by atoms with van der Waals surface area (Å²) in [6.45, 7) is 6.32.